The van der Waals surface area contributed by atoms with Crippen molar-refractivity contribution in [2.45, 2.75) is 0 Å². The Hall–Kier alpha value is -0.930. The lowest BCUT2D eigenvalue weighted by molar-refractivity contribution is 0.590. The van der Waals surface area contributed by atoms with Gasteiger partial charge in [-0.2, -0.15) is 4.98 Å². The van der Waals surface area contributed by atoms with Gasteiger partial charge in [0.05, 0.1) is 12.5 Å². The highest BCUT2D eigenvalue weighted by molar-refractivity contribution is 8.09. The molecule has 1 heterocycles. The highest BCUT2D eigenvalue weighted by atomic mass is 35.5. The van der Waals surface area contributed by atoms with Crippen LogP contribution in [0.25, 0.3) is 0 Å². The fraction of sp³-hybridized carbons (Fsp3) is 0.333. The van der Waals surface area contributed by atoms with E-state index in [2.05, 4.69) is 9.97 Å². The molecule has 0 N–H and O–H groups in total. The van der Waals surface area contributed by atoms with Gasteiger partial charge in [0.1, 0.15) is 0 Å². The third-order valence-corrected chi connectivity index (χ3v) is 4.79. The molecule has 0 radical (unpaired) electrons. The van der Waals surface area contributed by atoms with Gasteiger partial charge >= 0.3 is 0 Å². The van der Waals surface area contributed by atoms with Gasteiger partial charge < -0.3 is 0 Å². The lowest BCUT2D eigenvalue weighted by Gasteiger charge is -2.17. The highest BCUT2D eigenvalue weighted by Crippen LogP contribution is 2.18. The predicted molar refractivity (Wildman–Crippen MR) is 59.2 cm³/mol. The molecule has 7 nitrogen and oxygen atoms in total. The second kappa shape index (κ2) is 4.15. The quantitative estimate of drug-likeness (QED) is 0.717. The van der Waals surface area contributed by atoms with Gasteiger partial charge in [-0.25, -0.2) is 21.8 Å². The van der Waals surface area contributed by atoms with E-state index in [1.165, 1.54) is 0 Å². The lowest BCUT2D eigenvalue weighted by atomic mass is 10.6. The van der Waals surface area contributed by atoms with Crippen molar-refractivity contribution >= 4 is 37.5 Å². The second-order valence-electron chi connectivity index (χ2n) is 2.91. The molecular formula is C6H8ClN3O4S2. The monoisotopic (exact) mass is 285 g/mol. The minimum Gasteiger partial charge on any atom is -0.226 e. The maximum Gasteiger partial charge on any atom is 0.246 e. The Kier molecular flexibility index (Phi) is 3.41. The molecule has 1 aromatic rings. The standard InChI is InChI=1S/C6H8ClN3O4S2/c1-15(11,12)10(16(2,13)14)5-3-4-8-6(7)9-5/h3-4H,1-2H3. The van der Waals surface area contributed by atoms with E-state index in [1.807, 2.05) is 0 Å². The van der Waals surface area contributed by atoms with Crippen LogP contribution in [0.2, 0.25) is 5.28 Å². The molecular weight excluding hydrogens is 278 g/mol. The SMILES string of the molecule is CS(=O)(=O)N(c1ccnc(Cl)n1)S(C)(=O)=O. The Labute approximate surface area is 98.2 Å². The molecule has 0 aliphatic carbocycles. The average molecular weight is 286 g/mol. The number of sulfonamides is 2. The maximum absolute atomic E-state index is 11.3. The van der Waals surface area contributed by atoms with Crippen LogP contribution in [0.5, 0.6) is 0 Å². The molecule has 0 aliphatic heterocycles. The zero-order valence-electron chi connectivity index (χ0n) is 8.32. The summed E-state index contributed by atoms with van der Waals surface area (Å²) in [5.41, 5.74) is 0. The van der Waals surface area contributed by atoms with Crippen LogP contribution >= 0.6 is 11.6 Å². The molecule has 0 saturated heterocycles. The number of hydrogen-bond acceptors (Lipinski definition) is 6. The van der Waals surface area contributed by atoms with Gasteiger partial charge in [0.25, 0.3) is 0 Å². The van der Waals surface area contributed by atoms with E-state index in [9.17, 15) is 16.8 Å². The van der Waals surface area contributed by atoms with Crippen LogP contribution in [0.15, 0.2) is 12.3 Å². The third kappa shape index (κ3) is 3.03. The van der Waals surface area contributed by atoms with Gasteiger partial charge in [-0.1, -0.05) is 0 Å². The van der Waals surface area contributed by atoms with E-state index >= 15 is 0 Å². The van der Waals surface area contributed by atoms with Crippen molar-refractivity contribution in [2.75, 3.05) is 16.2 Å². The van der Waals surface area contributed by atoms with Crippen LogP contribution in [0, 0.1) is 0 Å². The van der Waals surface area contributed by atoms with Gasteiger partial charge in [0.2, 0.25) is 25.3 Å². The molecule has 0 bridgehead atoms. The Bertz CT molecular complexity index is 566. The molecule has 0 fully saturated rings. The maximum atomic E-state index is 11.3. The van der Waals surface area contributed by atoms with Crippen LogP contribution in [0.4, 0.5) is 5.82 Å². The first kappa shape index (κ1) is 13.1. The fourth-order valence-corrected chi connectivity index (χ4v) is 4.01. The minimum atomic E-state index is -4.00. The van der Waals surface area contributed by atoms with Crippen molar-refractivity contribution in [3.05, 3.63) is 17.5 Å². The molecule has 0 amide bonds. The summed E-state index contributed by atoms with van der Waals surface area (Å²) in [6.07, 6.45) is 2.67. The molecule has 1 rings (SSSR count). The number of halogens is 1. The van der Waals surface area contributed by atoms with E-state index in [0.29, 0.717) is 0 Å². The molecule has 10 heteroatoms. The Morgan fingerprint density at radius 3 is 2.06 bits per heavy atom. The Morgan fingerprint density at radius 1 is 1.19 bits per heavy atom. The largest absolute Gasteiger partial charge is 0.246 e. The van der Waals surface area contributed by atoms with Crippen molar-refractivity contribution < 1.29 is 16.8 Å². The van der Waals surface area contributed by atoms with Gasteiger partial charge in [0.15, 0.2) is 5.82 Å². The molecule has 0 spiro atoms. The number of aromatic nitrogens is 2. The molecule has 0 unspecified atom stereocenters. The van der Waals surface area contributed by atoms with Crippen molar-refractivity contribution in [1.82, 2.24) is 9.97 Å². The van der Waals surface area contributed by atoms with Gasteiger partial charge in [-0.15, -0.1) is 3.71 Å². The van der Waals surface area contributed by atoms with Crippen LogP contribution < -0.4 is 3.71 Å². The fourth-order valence-electron chi connectivity index (χ4n) is 1.01. The molecule has 90 valence electrons. The summed E-state index contributed by atoms with van der Waals surface area (Å²) in [5.74, 6) is -0.315. The number of rotatable bonds is 3. The molecule has 0 saturated carbocycles. The summed E-state index contributed by atoms with van der Waals surface area (Å²) in [6, 6.07) is 1.13. The normalized spacial score (nSPS) is 12.4. The van der Waals surface area contributed by atoms with Crippen molar-refractivity contribution in [3.8, 4) is 0 Å². The Morgan fingerprint density at radius 2 is 1.69 bits per heavy atom. The zero-order valence-corrected chi connectivity index (χ0v) is 10.7. The topological polar surface area (TPSA) is 97.3 Å². The highest BCUT2D eigenvalue weighted by Gasteiger charge is 2.28. The Balaban J connectivity index is 3.47. The molecule has 16 heavy (non-hydrogen) atoms. The van der Waals surface area contributed by atoms with Crippen molar-refractivity contribution in [1.29, 1.82) is 0 Å². The number of hydrogen-bond donors (Lipinski definition) is 0. The number of anilines is 1. The molecule has 0 aliphatic rings. The number of nitrogens with zero attached hydrogens (tertiary/aromatic N) is 3. The third-order valence-electron chi connectivity index (χ3n) is 1.40. The molecule has 0 atom stereocenters. The van der Waals surface area contributed by atoms with Gasteiger partial charge in [0, 0.05) is 12.3 Å². The first-order chi connectivity index (χ1) is 7.12. The van der Waals surface area contributed by atoms with Crippen molar-refractivity contribution in [3.63, 3.8) is 0 Å². The summed E-state index contributed by atoms with van der Waals surface area (Å²) in [7, 11) is -7.99. The van der Waals surface area contributed by atoms with E-state index in [-0.39, 0.29) is 14.8 Å². The summed E-state index contributed by atoms with van der Waals surface area (Å²) in [6.45, 7) is 0. The molecule has 0 aromatic carbocycles. The van der Waals surface area contributed by atoms with Gasteiger partial charge in [-0.3, -0.25) is 0 Å². The first-order valence-corrected chi connectivity index (χ1v) is 7.89. The van der Waals surface area contributed by atoms with E-state index in [1.54, 1.807) is 0 Å². The summed E-state index contributed by atoms with van der Waals surface area (Å²) >= 11 is 5.45. The van der Waals surface area contributed by atoms with E-state index in [0.717, 1.165) is 24.8 Å². The van der Waals surface area contributed by atoms with Crippen LogP contribution in [0.3, 0.4) is 0 Å². The minimum absolute atomic E-state index is 0.188. The van der Waals surface area contributed by atoms with Crippen LogP contribution in [-0.4, -0.2) is 39.3 Å². The summed E-state index contributed by atoms with van der Waals surface area (Å²) in [5, 5.41) is -0.241. The molecule has 1 aromatic heterocycles. The predicted octanol–water partition coefficient (Wildman–Crippen LogP) is -0.144. The van der Waals surface area contributed by atoms with E-state index in [4.69, 9.17) is 11.6 Å². The lowest BCUT2D eigenvalue weighted by Crippen LogP contribution is -2.35. The zero-order chi connectivity index (χ0) is 12.6. The second-order valence-corrected chi connectivity index (χ2v) is 7.14. The van der Waals surface area contributed by atoms with Crippen LogP contribution in [-0.2, 0) is 20.0 Å². The smallest absolute Gasteiger partial charge is 0.226 e. The summed E-state index contributed by atoms with van der Waals surface area (Å²) < 4.78 is 45.5. The van der Waals surface area contributed by atoms with Gasteiger partial charge in [-0.05, 0) is 11.6 Å². The summed E-state index contributed by atoms with van der Waals surface area (Å²) in [4.78, 5) is 7.05. The first-order valence-electron chi connectivity index (χ1n) is 3.81. The van der Waals surface area contributed by atoms with E-state index < -0.39 is 20.0 Å². The van der Waals surface area contributed by atoms with Crippen molar-refractivity contribution in [2.24, 2.45) is 0 Å². The average Bonchev–Trinajstić information content (AvgIpc) is 1.97. The van der Waals surface area contributed by atoms with Crippen LogP contribution in [0.1, 0.15) is 0 Å².